The Hall–Kier alpha value is -1.13. The lowest BCUT2D eigenvalue weighted by molar-refractivity contribution is 0.470. The van der Waals surface area contributed by atoms with Gasteiger partial charge in [-0.25, -0.2) is 0 Å². The molecule has 0 fully saturated rings. The first-order valence-electron chi connectivity index (χ1n) is 9.61. The summed E-state index contributed by atoms with van der Waals surface area (Å²) >= 11 is 0. The van der Waals surface area contributed by atoms with E-state index in [0.29, 0.717) is 12.8 Å². The van der Waals surface area contributed by atoms with Crippen LogP contribution in [0.4, 0.5) is 0 Å². The van der Waals surface area contributed by atoms with Crippen LogP contribution in [0.5, 0.6) is 0 Å². The molecular weight excluding hydrogens is 344 g/mol. The van der Waals surface area contributed by atoms with Crippen molar-refractivity contribution in [1.29, 1.82) is 0 Å². The second kappa shape index (κ2) is 8.71. The van der Waals surface area contributed by atoms with Crippen molar-refractivity contribution in [3.8, 4) is 0 Å². The van der Waals surface area contributed by atoms with Crippen LogP contribution in [0.25, 0.3) is 0 Å². The summed E-state index contributed by atoms with van der Waals surface area (Å²) in [6.07, 6.45) is 5.31. The number of hydrogen-bond donors (Lipinski definition) is 1. The van der Waals surface area contributed by atoms with Crippen molar-refractivity contribution in [3.63, 3.8) is 0 Å². The first kappa shape index (κ1) is 22.9. The molecule has 1 N–H and O–H groups in total. The van der Waals surface area contributed by atoms with E-state index >= 15 is 0 Å². The van der Waals surface area contributed by atoms with Gasteiger partial charge in [-0.2, -0.15) is 8.42 Å². The first-order valence-corrected chi connectivity index (χ1v) is 11.1. The number of hydrogen-bond acceptors (Lipinski definition) is 2. The van der Waals surface area contributed by atoms with E-state index < -0.39 is 15.4 Å². The Balaban J connectivity index is 3.12. The molecule has 3 nitrogen and oxygen atoms in total. The molecule has 0 heterocycles. The van der Waals surface area contributed by atoms with Gasteiger partial charge in [0, 0.05) is 0 Å². The highest BCUT2D eigenvalue weighted by molar-refractivity contribution is 7.86. The van der Waals surface area contributed by atoms with Crippen LogP contribution in [0, 0.1) is 0 Å². The lowest BCUT2D eigenvalue weighted by Crippen LogP contribution is -2.21. The summed E-state index contributed by atoms with van der Waals surface area (Å²) in [7, 11) is -4.06. The van der Waals surface area contributed by atoms with Crippen LogP contribution in [0.15, 0.2) is 30.9 Å². The zero-order valence-corrected chi connectivity index (χ0v) is 18.1. The van der Waals surface area contributed by atoms with Gasteiger partial charge in [0.2, 0.25) is 0 Å². The Morgan fingerprint density at radius 2 is 1.50 bits per heavy atom. The Morgan fingerprint density at radius 3 is 1.85 bits per heavy atom. The summed E-state index contributed by atoms with van der Waals surface area (Å²) in [5, 5.41) is -0.885. The van der Waals surface area contributed by atoms with Gasteiger partial charge in [-0.05, 0) is 59.6 Å². The normalized spacial score (nSPS) is 14.3. The van der Waals surface area contributed by atoms with E-state index in [1.807, 2.05) is 0 Å². The van der Waals surface area contributed by atoms with Crippen molar-refractivity contribution in [2.24, 2.45) is 0 Å². The van der Waals surface area contributed by atoms with E-state index in [1.165, 1.54) is 22.8 Å². The molecule has 0 aliphatic rings. The molecule has 0 amide bonds. The summed E-state index contributed by atoms with van der Waals surface area (Å²) in [6, 6.07) is 6.85. The second-order valence-electron chi connectivity index (χ2n) is 8.57. The van der Waals surface area contributed by atoms with Gasteiger partial charge in [0.25, 0.3) is 10.1 Å². The molecule has 0 aliphatic heterocycles. The molecule has 1 aromatic carbocycles. The van der Waals surface area contributed by atoms with Gasteiger partial charge in [0.1, 0.15) is 5.25 Å². The van der Waals surface area contributed by atoms with Gasteiger partial charge < -0.3 is 0 Å². The Bertz CT molecular complexity index is 681. The maximum atomic E-state index is 11.3. The summed E-state index contributed by atoms with van der Waals surface area (Å²) in [5.74, 6) is 0. The average molecular weight is 381 g/mol. The maximum Gasteiger partial charge on any atom is 0.271 e. The predicted octanol–water partition coefficient (Wildman–Crippen LogP) is 5.83. The highest BCUT2D eigenvalue weighted by atomic mass is 32.2. The second-order valence-corrected chi connectivity index (χ2v) is 10.2. The molecule has 1 aromatic rings. The Morgan fingerprint density at radius 1 is 1.04 bits per heavy atom. The van der Waals surface area contributed by atoms with Crippen LogP contribution in [-0.2, 0) is 27.4 Å². The minimum Gasteiger partial charge on any atom is -0.285 e. The monoisotopic (exact) mass is 380 g/mol. The van der Waals surface area contributed by atoms with E-state index in [4.69, 9.17) is 0 Å². The third kappa shape index (κ3) is 5.95. The molecule has 0 saturated carbocycles. The molecule has 0 radical (unpaired) electrons. The molecule has 0 aromatic heterocycles. The summed E-state index contributed by atoms with van der Waals surface area (Å²) in [4.78, 5) is 0. The molecular formula is C22H36O3S. The fourth-order valence-corrected chi connectivity index (χ4v) is 3.63. The standard InChI is InChI=1S/C22H36O3S/c1-8-20(26(23,24)25)13-11-12-17-14-18(21(4,5)9-2)16-19(15-17)22(6,7)10-3/h8,14-16,20H,1,9-13H2,2-7H3,(H,23,24,25). The third-order valence-corrected chi connectivity index (χ3v) is 7.12. The molecule has 148 valence electrons. The largest absolute Gasteiger partial charge is 0.285 e. The fraction of sp³-hybridized carbons (Fsp3) is 0.636. The highest BCUT2D eigenvalue weighted by Gasteiger charge is 2.24. The van der Waals surface area contributed by atoms with Gasteiger partial charge in [-0.1, -0.05) is 65.8 Å². The lowest BCUT2D eigenvalue weighted by atomic mass is 9.75. The zero-order valence-electron chi connectivity index (χ0n) is 17.3. The summed E-state index contributed by atoms with van der Waals surface area (Å²) in [6.45, 7) is 17.0. The average Bonchev–Trinajstić information content (AvgIpc) is 2.57. The van der Waals surface area contributed by atoms with Crippen molar-refractivity contribution in [3.05, 3.63) is 47.5 Å². The highest BCUT2D eigenvalue weighted by Crippen LogP contribution is 2.34. The molecule has 0 aliphatic carbocycles. The number of rotatable bonds is 10. The fourth-order valence-electron chi connectivity index (χ4n) is 2.92. The third-order valence-electron chi connectivity index (χ3n) is 5.92. The molecule has 0 bridgehead atoms. The molecule has 26 heavy (non-hydrogen) atoms. The minimum absolute atomic E-state index is 0.104. The lowest BCUT2D eigenvalue weighted by Gasteiger charge is -2.30. The first-order chi connectivity index (χ1) is 11.9. The predicted molar refractivity (Wildman–Crippen MR) is 112 cm³/mol. The maximum absolute atomic E-state index is 11.3. The van der Waals surface area contributed by atoms with E-state index in [-0.39, 0.29) is 10.8 Å². The van der Waals surface area contributed by atoms with Gasteiger partial charge in [0.05, 0.1) is 0 Å². The van der Waals surface area contributed by atoms with Crippen molar-refractivity contribution in [2.45, 2.75) is 89.7 Å². The Kier molecular flexibility index (Phi) is 7.67. The van der Waals surface area contributed by atoms with Crippen LogP contribution in [0.3, 0.4) is 0 Å². The quantitative estimate of drug-likeness (QED) is 0.410. The van der Waals surface area contributed by atoms with E-state index in [2.05, 4.69) is 66.3 Å². The van der Waals surface area contributed by atoms with E-state index in [0.717, 1.165) is 19.3 Å². The Labute approximate surface area is 160 Å². The van der Waals surface area contributed by atoms with Crippen LogP contribution < -0.4 is 0 Å². The van der Waals surface area contributed by atoms with Crippen molar-refractivity contribution in [2.75, 3.05) is 0 Å². The van der Waals surface area contributed by atoms with Crippen LogP contribution in [0.1, 0.15) is 83.9 Å². The zero-order chi connectivity index (χ0) is 20.2. The molecule has 1 atom stereocenters. The topological polar surface area (TPSA) is 54.4 Å². The van der Waals surface area contributed by atoms with Gasteiger partial charge in [-0.15, -0.1) is 6.58 Å². The van der Waals surface area contributed by atoms with E-state index in [1.54, 1.807) is 0 Å². The number of aryl methyl sites for hydroxylation is 1. The van der Waals surface area contributed by atoms with Crippen LogP contribution >= 0.6 is 0 Å². The van der Waals surface area contributed by atoms with Crippen molar-refractivity contribution in [1.82, 2.24) is 0 Å². The van der Waals surface area contributed by atoms with Gasteiger partial charge >= 0.3 is 0 Å². The van der Waals surface area contributed by atoms with Crippen molar-refractivity contribution < 1.29 is 13.0 Å². The van der Waals surface area contributed by atoms with Crippen LogP contribution in [-0.4, -0.2) is 18.2 Å². The summed E-state index contributed by atoms with van der Waals surface area (Å²) in [5.41, 5.74) is 4.12. The van der Waals surface area contributed by atoms with Crippen molar-refractivity contribution >= 4 is 10.1 Å². The SMILES string of the molecule is C=CC(CCCc1cc(C(C)(C)CC)cc(C(C)(C)CC)c1)S(=O)(=O)O. The summed E-state index contributed by atoms with van der Waals surface area (Å²) < 4.78 is 31.9. The minimum atomic E-state index is -4.06. The molecule has 0 spiro atoms. The van der Waals surface area contributed by atoms with Gasteiger partial charge in [0.15, 0.2) is 0 Å². The smallest absolute Gasteiger partial charge is 0.271 e. The molecule has 1 rings (SSSR count). The number of benzene rings is 1. The van der Waals surface area contributed by atoms with Gasteiger partial charge in [-0.3, -0.25) is 4.55 Å². The van der Waals surface area contributed by atoms with Crippen LogP contribution in [0.2, 0.25) is 0 Å². The molecule has 0 saturated heterocycles. The van der Waals surface area contributed by atoms with E-state index in [9.17, 15) is 13.0 Å². The molecule has 4 heteroatoms. The molecule has 1 unspecified atom stereocenters.